The third-order valence-electron chi connectivity index (χ3n) is 9.36. The molecule has 3 nitrogen and oxygen atoms in total. The van der Waals surface area contributed by atoms with Crippen LogP contribution in [0.3, 0.4) is 0 Å². The number of nitrogens with zero attached hydrogens (tertiary/aromatic N) is 2. The second-order valence-corrected chi connectivity index (χ2v) is 12.0. The molecule has 3 heteroatoms. The van der Waals surface area contributed by atoms with Crippen LogP contribution in [0, 0.1) is 0 Å². The van der Waals surface area contributed by atoms with Crippen molar-refractivity contribution in [3.63, 3.8) is 0 Å². The number of hydrogen-bond acceptors (Lipinski definition) is 2. The molecule has 10 rings (SSSR count). The van der Waals surface area contributed by atoms with E-state index in [0.29, 0.717) is 0 Å². The van der Waals surface area contributed by atoms with E-state index >= 15 is 0 Å². The van der Waals surface area contributed by atoms with Crippen molar-refractivity contribution in [1.29, 1.82) is 0 Å². The van der Waals surface area contributed by atoms with Crippen molar-refractivity contribution >= 4 is 32.7 Å². The van der Waals surface area contributed by atoms with Gasteiger partial charge in [-0.15, -0.1) is 0 Å². The highest BCUT2D eigenvalue weighted by molar-refractivity contribution is 6.19. The lowest BCUT2D eigenvalue weighted by Gasteiger charge is -2.11. The molecule has 214 valence electrons. The number of fused-ring (bicyclic) bond motifs is 6. The monoisotopic (exact) mass is 586 g/mol. The van der Waals surface area contributed by atoms with E-state index in [0.717, 1.165) is 61.3 Å². The lowest BCUT2D eigenvalue weighted by atomic mass is 9.96. The van der Waals surface area contributed by atoms with Gasteiger partial charge in [-0.1, -0.05) is 127 Å². The summed E-state index contributed by atoms with van der Waals surface area (Å²) in [4.78, 5) is 0. The number of rotatable bonds is 4. The van der Waals surface area contributed by atoms with E-state index < -0.39 is 0 Å². The Hall–Kier alpha value is -6.19. The molecule has 0 saturated heterocycles. The topological polar surface area (TPSA) is 31.0 Å². The highest BCUT2D eigenvalue weighted by Crippen LogP contribution is 2.50. The van der Waals surface area contributed by atoms with Crippen LogP contribution in [0.2, 0.25) is 0 Å². The van der Waals surface area contributed by atoms with Gasteiger partial charge < -0.3 is 4.42 Å². The van der Waals surface area contributed by atoms with E-state index in [2.05, 4.69) is 162 Å². The average Bonchev–Trinajstić information content (AvgIpc) is 3.79. The van der Waals surface area contributed by atoms with Crippen LogP contribution in [0.1, 0.15) is 0 Å². The Labute approximate surface area is 265 Å². The van der Waals surface area contributed by atoms with Crippen LogP contribution in [0.25, 0.3) is 94.3 Å². The molecule has 0 fully saturated rings. The predicted molar refractivity (Wildman–Crippen MR) is 189 cm³/mol. The first-order valence-electron chi connectivity index (χ1n) is 15.6. The van der Waals surface area contributed by atoms with Crippen molar-refractivity contribution in [1.82, 2.24) is 9.78 Å². The minimum Gasteiger partial charge on any atom is -0.456 e. The van der Waals surface area contributed by atoms with Crippen LogP contribution in [0.5, 0.6) is 0 Å². The summed E-state index contributed by atoms with van der Waals surface area (Å²) in [5.74, 6) is 0. The Morgan fingerprint density at radius 3 is 1.76 bits per heavy atom. The molecule has 1 aliphatic carbocycles. The number of aromatic nitrogens is 2. The molecule has 0 aliphatic heterocycles. The van der Waals surface area contributed by atoms with Crippen molar-refractivity contribution in [3.8, 4) is 61.6 Å². The molecule has 0 N–H and O–H groups in total. The minimum absolute atomic E-state index is 0.869. The Bertz CT molecular complexity index is 2610. The molecular formula is C43H26N2O. The van der Waals surface area contributed by atoms with Gasteiger partial charge in [0, 0.05) is 27.5 Å². The maximum Gasteiger partial charge on any atom is 0.136 e. The lowest BCUT2D eigenvalue weighted by molar-refractivity contribution is 0.669. The van der Waals surface area contributed by atoms with Gasteiger partial charge in [-0.3, -0.25) is 0 Å². The summed E-state index contributed by atoms with van der Waals surface area (Å²) in [5, 5.41) is 10.2. The predicted octanol–water partition coefficient (Wildman–Crippen LogP) is 11.6. The summed E-state index contributed by atoms with van der Waals surface area (Å²) in [6.07, 6.45) is 0. The maximum absolute atomic E-state index is 6.52. The fourth-order valence-corrected chi connectivity index (χ4v) is 7.32. The third-order valence-corrected chi connectivity index (χ3v) is 9.36. The summed E-state index contributed by atoms with van der Waals surface area (Å²) in [7, 11) is 0. The Morgan fingerprint density at radius 2 is 1.07 bits per heavy atom. The highest BCUT2D eigenvalue weighted by atomic mass is 16.3. The van der Waals surface area contributed by atoms with Crippen LogP contribution in [0.15, 0.2) is 162 Å². The molecule has 0 spiro atoms. The van der Waals surface area contributed by atoms with E-state index in [1.165, 1.54) is 33.0 Å². The number of furan rings is 1. The molecule has 0 radical (unpaired) electrons. The van der Waals surface area contributed by atoms with Gasteiger partial charge >= 0.3 is 0 Å². The average molecular weight is 587 g/mol. The van der Waals surface area contributed by atoms with Gasteiger partial charge in [0.1, 0.15) is 16.9 Å². The van der Waals surface area contributed by atoms with Gasteiger partial charge in [-0.25, -0.2) is 4.68 Å². The molecule has 46 heavy (non-hydrogen) atoms. The van der Waals surface area contributed by atoms with E-state index in [1.807, 2.05) is 0 Å². The fraction of sp³-hybridized carbons (Fsp3) is 0. The number of benzene rings is 7. The molecule has 0 saturated carbocycles. The van der Waals surface area contributed by atoms with E-state index in [1.54, 1.807) is 0 Å². The molecule has 0 atom stereocenters. The van der Waals surface area contributed by atoms with Crippen LogP contribution >= 0.6 is 0 Å². The van der Waals surface area contributed by atoms with Crippen molar-refractivity contribution < 1.29 is 4.42 Å². The molecule has 7 aromatic carbocycles. The van der Waals surface area contributed by atoms with E-state index in [4.69, 9.17) is 9.52 Å². The lowest BCUT2D eigenvalue weighted by Crippen LogP contribution is -1.99. The largest absolute Gasteiger partial charge is 0.456 e. The third kappa shape index (κ3) is 3.63. The normalized spacial score (nSPS) is 11.9. The molecule has 1 aliphatic rings. The van der Waals surface area contributed by atoms with Crippen LogP contribution in [0.4, 0.5) is 0 Å². The van der Waals surface area contributed by atoms with Gasteiger partial charge in [-0.2, -0.15) is 5.10 Å². The Kier molecular flexibility index (Phi) is 5.28. The Morgan fingerprint density at radius 1 is 0.457 bits per heavy atom. The smallest absolute Gasteiger partial charge is 0.136 e. The molecule has 0 bridgehead atoms. The maximum atomic E-state index is 6.52. The molecule has 2 aromatic heterocycles. The van der Waals surface area contributed by atoms with Gasteiger partial charge in [-0.05, 0) is 68.9 Å². The summed E-state index contributed by atoms with van der Waals surface area (Å²) in [6.45, 7) is 0. The first-order valence-corrected chi connectivity index (χ1v) is 15.6. The van der Waals surface area contributed by atoms with Crippen LogP contribution in [-0.4, -0.2) is 9.78 Å². The standard InChI is InChI=1S/C43H26N2O/c1-4-12-28(13-5-1)41-42(29-14-6-2-7-15-29)44-45(43(41)30-16-8-3-9-17-30)31-22-23-38-36(24-31)37-25-34-32-20-10-18-27-19-11-21-33(40(27)32)35(34)26-39(37)46-38/h1-26H. The first kappa shape index (κ1) is 25.2. The van der Waals surface area contributed by atoms with Gasteiger partial charge in [0.2, 0.25) is 0 Å². The second kappa shape index (κ2) is 9.65. The van der Waals surface area contributed by atoms with Crippen molar-refractivity contribution in [2.45, 2.75) is 0 Å². The molecular weight excluding hydrogens is 560 g/mol. The number of hydrogen-bond donors (Lipinski definition) is 0. The molecule has 0 amide bonds. The van der Waals surface area contributed by atoms with Crippen molar-refractivity contribution in [2.24, 2.45) is 0 Å². The highest BCUT2D eigenvalue weighted by Gasteiger charge is 2.25. The zero-order valence-electron chi connectivity index (χ0n) is 24.8. The fourth-order valence-electron chi connectivity index (χ4n) is 7.32. The Balaban J connectivity index is 1.24. The minimum atomic E-state index is 0.869. The van der Waals surface area contributed by atoms with E-state index in [9.17, 15) is 0 Å². The summed E-state index contributed by atoms with van der Waals surface area (Å²) in [5.41, 5.74) is 14.2. The van der Waals surface area contributed by atoms with Crippen LogP contribution in [-0.2, 0) is 0 Å². The quantitative estimate of drug-likeness (QED) is 0.205. The molecule has 0 unspecified atom stereocenters. The summed E-state index contributed by atoms with van der Waals surface area (Å²) >= 11 is 0. The second-order valence-electron chi connectivity index (χ2n) is 12.0. The van der Waals surface area contributed by atoms with Gasteiger partial charge in [0.05, 0.1) is 11.4 Å². The zero-order chi connectivity index (χ0) is 30.2. The SMILES string of the molecule is c1ccc(-c2nn(-c3ccc4oc5cc6c(cc5c4c3)-c3cccc4cccc-6c34)c(-c3ccccc3)c2-c2ccccc2)cc1. The van der Waals surface area contributed by atoms with Gasteiger partial charge in [0.15, 0.2) is 0 Å². The summed E-state index contributed by atoms with van der Waals surface area (Å²) in [6, 6.07) is 55.8. The van der Waals surface area contributed by atoms with Gasteiger partial charge in [0.25, 0.3) is 0 Å². The molecule has 2 heterocycles. The summed E-state index contributed by atoms with van der Waals surface area (Å²) < 4.78 is 8.63. The molecule has 9 aromatic rings. The van der Waals surface area contributed by atoms with E-state index in [-0.39, 0.29) is 0 Å². The van der Waals surface area contributed by atoms with Crippen molar-refractivity contribution in [3.05, 3.63) is 158 Å². The van der Waals surface area contributed by atoms with Crippen LogP contribution < -0.4 is 0 Å². The zero-order valence-corrected chi connectivity index (χ0v) is 24.8. The van der Waals surface area contributed by atoms with Crippen molar-refractivity contribution in [2.75, 3.05) is 0 Å². The first-order chi connectivity index (χ1) is 22.8.